The third-order valence-corrected chi connectivity index (χ3v) is 8.85. The van der Waals surface area contributed by atoms with Crippen molar-refractivity contribution in [3.8, 4) is 0 Å². The second-order valence-electron chi connectivity index (χ2n) is 9.72. The summed E-state index contributed by atoms with van der Waals surface area (Å²) in [6.07, 6.45) is 1.72. The number of benzene rings is 3. The lowest BCUT2D eigenvalue weighted by molar-refractivity contribution is -0.139. The van der Waals surface area contributed by atoms with E-state index in [0.717, 1.165) is 33.8 Å². The number of hydrogen-bond acceptors (Lipinski definition) is 4. The molecule has 0 aliphatic heterocycles. The van der Waals surface area contributed by atoms with Crippen LogP contribution in [0.3, 0.4) is 0 Å². The van der Waals surface area contributed by atoms with Gasteiger partial charge in [-0.2, -0.15) is 0 Å². The first-order valence-electron chi connectivity index (χ1n) is 13.1. The second kappa shape index (κ2) is 14.0. The largest absolute Gasteiger partial charge is 0.354 e. The fourth-order valence-corrected chi connectivity index (χ4v) is 6.05. The molecular weight excluding hydrogens is 569 g/mol. The minimum atomic E-state index is -4.21. The van der Waals surface area contributed by atoms with Gasteiger partial charge in [-0.05, 0) is 68.7 Å². The van der Waals surface area contributed by atoms with Crippen LogP contribution in [-0.4, -0.2) is 44.3 Å². The van der Waals surface area contributed by atoms with Gasteiger partial charge in [0.1, 0.15) is 12.6 Å². The molecule has 0 heterocycles. The number of unbranched alkanes of at least 4 members (excludes halogenated alkanes) is 1. The minimum Gasteiger partial charge on any atom is -0.354 e. The number of sulfonamides is 1. The Morgan fingerprint density at radius 1 is 0.950 bits per heavy atom. The fraction of sp³-hybridized carbons (Fsp3) is 0.333. The summed E-state index contributed by atoms with van der Waals surface area (Å²) in [4.78, 5) is 28.5. The molecule has 3 aromatic carbocycles. The van der Waals surface area contributed by atoms with Gasteiger partial charge in [0.25, 0.3) is 10.0 Å². The highest BCUT2D eigenvalue weighted by atomic mass is 35.5. The molecule has 0 saturated carbocycles. The summed E-state index contributed by atoms with van der Waals surface area (Å²) in [5.41, 5.74) is 2.83. The zero-order chi connectivity index (χ0) is 29.4. The summed E-state index contributed by atoms with van der Waals surface area (Å²) in [6.45, 7) is 7.49. The highest BCUT2D eigenvalue weighted by Gasteiger charge is 2.33. The van der Waals surface area contributed by atoms with Crippen LogP contribution < -0.4 is 9.62 Å². The molecule has 1 atom stereocenters. The van der Waals surface area contributed by atoms with Crippen LogP contribution in [0.5, 0.6) is 0 Å². The Labute approximate surface area is 247 Å². The SMILES string of the molecule is CCCCNC(=O)[C@@H](C)N(Cc1ccccc1C)C(=O)CN(c1cc(Cl)cc(Cl)c1)S(=O)(=O)c1ccc(C)cc1. The molecule has 3 aromatic rings. The molecule has 10 heteroatoms. The summed E-state index contributed by atoms with van der Waals surface area (Å²) in [6, 6.07) is 17.4. The lowest BCUT2D eigenvalue weighted by Crippen LogP contribution is -2.51. The summed E-state index contributed by atoms with van der Waals surface area (Å²) in [7, 11) is -4.21. The number of nitrogens with one attached hydrogen (secondary N) is 1. The molecule has 0 aliphatic rings. The molecule has 40 heavy (non-hydrogen) atoms. The van der Waals surface area contributed by atoms with E-state index in [2.05, 4.69) is 5.32 Å². The Morgan fingerprint density at radius 3 is 2.17 bits per heavy atom. The Balaban J connectivity index is 2.04. The van der Waals surface area contributed by atoms with Crippen molar-refractivity contribution >= 4 is 50.7 Å². The van der Waals surface area contributed by atoms with E-state index in [1.165, 1.54) is 35.2 Å². The van der Waals surface area contributed by atoms with Gasteiger partial charge in [0.15, 0.2) is 0 Å². The molecule has 2 amide bonds. The monoisotopic (exact) mass is 603 g/mol. The zero-order valence-corrected chi connectivity index (χ0v) is 25.5. The number of aryl methyl sites for hydroxylation is 2. The molecule has 0 fully saturated rings. The molecule has 214 valence electrons. The number of carbonyl (C=O) groups excluding carboxylic acids is 2. The van der Waals surface area contributed by atoms with Crippen molar-refractivity contribution in [2.45, 2.75) is 58.0 Å². The van der Waals surface area contributed by atoms with Gasteiger partial charge >= 0.3 is 0 Å². The van der Waals surface area contributed by atoms with Crippen LogP contribution in [0.2, 0.25) is 10.0 Å². The van der Waals surface area contributed by atoms with Gasteiger partial charge in [-0.15, -0.1) is 0 Å². The number of hydrogen-bond donors (Lipinski definition) is 1. The predicted molar refractivity (Wildman–Crippen MR) is 161 cm³/mol. The number of carbonyl (C=O) groups is 2. The maximum Gasteiger partial charge on any atom is 0.264 e. The lowest BCUT2D eigenvalue weighted by atomic mass is 10.1. The normalized spacial score (nSPS) is 12.1. The van der Waals surface area contributed by atoms with Gasteiger partial charge in [0.05, 0.1) is 10.6 Å². The molecule has 7 nitrogen and oxygen atoms in total. The fourth-order valence-electron chi connectivity index (χ4n) is 4.14. The van der Waals surface area contributed by atoms with Crippen molar-refractivity contribution in [1.82, 2.24) is 10.2 Å². The Kier molecular flexibility index (Phi) is 11.0. The highest BCUT2D eigenvalue weighted by Crippen LogP contribution is 2.30. The average molecular weight is 605 g/mol. The molecule has 0 bridgehead atoms. The van der Waals surface area contributed by atoms with Crippen LogP contribution in [0.4, 0.5) is 5.69 Å². The third-order valence-electron chi connectivity index (χ3n) is 6.62. The van der Waals surface area contributed by atoms with E-state index >= 15 is 0 Å². The third kappa shape index (κ3) is 7.99. The van der Waals surface area contributed by atoms with E-state index < -0.39 is 28.5 Å². The molecule has 0 aromatic heterocycles. The van der Waals surface area contributed by atoms with Gasteiger partial charge < -0.3 is 10.2 Å². The van der Waals surface area contributed by atoms with Crippen LogP contribution in [0, 0.1) is 13.8 Å². The lowest BCUT2D eigenvalue weighted by Gasteiger charge is -2.32. The Hall–Kier alpha value is -3.07. The van der Waals surface area contributed by atoms with Crippen molar-refractivity contribution in [2.75, 3.05) is 17.4 Å². The van der Waals surface area contributed by atoms with Gasteiger partial charge in [-0.1, -0.05) is 78.5 Å². The van der Waals surface area contributed by atoms with E-state index in [1.54, 1.807) is 19.1 Å². The quantitative estimate of drug-likeness (QED) is 0.252. The molecule has 0 spiro atoms. The van der Waals surface area contributed by atoms with E-state index in [1.807, 2.05) is 45.0 Å². The highest BCUT2D eigenvalue weighted by molar-refractivity contribution is 7.92. The predicted octanol–water partition coefficient (Wildman–Crippen LogP) is 6.14. The number of anilines is 1. The van der Waals surface area contributed by atoms with Gasteiger partial charge in [0, 0.05) is 23.1 Å². The van der Waals surface area contributed by atoms with Crippen molar-refractivity contribution in [1.29, 1.82) is 0 Å². The Bertz CT molecular complexity index is 1430. The zero-order valence-electron chi connectivity index (χ0n) is 23.2. The van der Waals surface area contributed by atoms with Gasteiger partial charge in [0.2, 0.25) is 11.8 Å². The molecule has 1 N–H and O–H groups in total. The van der Waals surface area contributed by atoms with Gasteiger partial charge in [-0.3, -0.25) is 13.9 Å². The van der Waals surface area contributed by atoms with Crippen molar-refractivity contribution in [2.24, 2.45) is 0 Å². The summed E-state index contributed by atoms with van der Waals surface area (Å²) < 4.78 is 28.8. The number of amides is 2. The minimum absolute atomic E-state index is 0.0119. The second-order valence-corrected chi connectivity index (χ2v) is 12.5. The van der Waals surface area contributed by atoms with Crippen molar-refractivity contribution in [3.05, 3.63) is 93.5 Å². The van der Waals surface area contributed by atoms with E-state index in [9.17, 15) is 18.0 Å². The first-order valence-corrected chi connectivity index (χ1v) is 15.3. The van der Waals surface area contributed by atoms with Crippen LogP contribution in [0.15, 0.2) is 71.6 Å². The summed E-state index contributed by atoms with van der Waals surface area (Å²) in [5, 5.41) is 3.32. The summed E-state index contributed by atoms with van der Waals surface area (Å²) in [5.74, 6) is -0.859. The van der Waals surface area contributed by atoms with E-state index in [4.69, 9.17) is 23.2 Å². The molecule has 0 radical (unpaired) electrons. The van der Waals surface area contributed by atoms with Crippen molar-refractivity contribution in [3.63, 3.8) is 0 Å². The number of halogens is 2. The number of nitrogens with zero attached hydrogens (tertiary/aromatic N) is 2. The van der Waals surface area contributed by atoms with Crippen LogP contribution in [0.25, 0.3) is 0 Å². The first-order chi connectivity index (χ1) is 18.9. The Morgan fingerprint density at radius 2 is 1.57 bits per heavy atom. The van der Waals surface area contributed by atoms with Crippen LogP contribution >= 0.6 is 23.2 Å². The first kappa shape index (κ1) is 31.5. The number of rotatable bonds is 12. The molecule has 0 saturated heterocycles. The van der Waals surface area contributed by atoms with Gasteiger partial charge in [-0.25, -0.2) is 8.42 Å². The molecule has 3 rings (SSSR count). The maximum atomic E-state index is 14.0. The maximum absolute atomic E-state index is 14.0. The standard InChI is InChI=1S/C30H35Cl2N3O4S/c1-5-6-15-33-30(37)23(4)34(19-24-10-8-7-9-22(24)3)29(36)20-35(27-17-25(31)16-26(32)18-27)40(38,39)28-13-11-21(2)12-14-28/h7-14,16-18,23H,5-6,15,19-20H2,1-4H3,(H,33,37)/t23-/m1/s1. The molecule has 0 aliphatic carbocycles. The molecule has 0 unspecified atom stereocenters. The summed E-state index contributed by atoms with van der Waals surface area (Å²) >= 11 is 12.5. The van der Waals surface area contributed by atoms with E-state index in [-0.39, 0.29) is 33.1 Å². The van der Waals surface area contributed by atoms with Crippen molar-refractivity contribution < 1.29 is 18.0 Å². The van der Waals surface area contributed by atoms with Crippen LogP contribution in [-0.2, 0) is 26.2 Å². The molecular formula is C30H35Cl2N3O4S. The average Bonchev–Trinajstić information content (AvgIpc) is 2.90. The van der Waals surface area contributed by atoms with Crippen LogP contribution in [0.1, 0.15) is 43.4 Å². The smallest absolute Gasteiger partial charge is 0.264 e. The topological polar surface area (TPSA) is 86.8 Å². The van der Waals surface area contributed by atoms with E-state index in [0.29, 0.717) is 6.54 Å².